The molecule has 0 bridgehead atoms. The molecule has 0 radical (unpaired) electrons. The van der Waals surface area contributed by atoms with Gasteiger partial charge in [-0.15, -0.1) is 0 Å². The highest BCUT2D eigenvalue weighted by atomic mass is 15.3. The van der Waals surface area contributed by atoms with Gasteiger partial charge < -0.3 is 11.1 Å². The van der Waals surface area contributed by atoms with Crippen LogP contribution >= 0.6 is 0 Å². The quantitative estimate of drug-likeness (QED) is 0.684. The summed E-state index contributed by atoms with van der Waals surface area (Å²) < 4.78 is 2.19. The molecule has 0 unspecified atom stereocenters. The standard InChI is InChI=1S/C9H14N4/c10-3-8-7-4-11-5-9(7)13(12-8)6-1-2-6/h6,11H,1-5,10H2. The summed E-state index contributed by atoms with van der Waals surface area (Å²) in [6.45, 7) is 2.50. The smallest absolute Gasteiger partial charge is 0.0808 e. The van der Waals surface area contributed by atoms with Crippen molar-refractivity contribution in [2.45, 2.75) is 38.5 Å². The molecule has 1 saturated carbocycles. The highest BCUT2D eigenvalue weighted by Crippen LogP contribution is 2.37. The Labute approximate surface area is 77.1 Å². The normalized spacial score (nSPS) is 20.7. The van der Waals surface area contributed by atoms with Crippen molar-refractivity contribution in [1.82, 2.24) is 15.1 Å². The molecular weight excluding hydrogens is 164 g/mol. The van der Waals surface area contributed by atoms with E-state index in [9.17, 15) is 0 Å². The average Bonchev–Trinajstić information content (AvgIpc) is 2.77. The maximum absolute atomic E-state index is 5.65. The van der Waals surface area contributed by atoms with Crippen LogP contribution < -0.4 is 11.1 Å². The molecule has 1 aliphatic carbocycles. The minimum atomic E-state index is 0.573. The van der Waals surface area contributed by atoms with Crippen molar-refractivity contribution < 1.29 is 0 Å². The Morgan fingerprint density at radius 2 is 2.31 bits per heavy atom. The van der Waals surface area contributed by atoms with Crippen molar-refractivity contribution in [3.63, 3.8) is 0 Å². The fourth-order valence-corrected chi connectivity index (χ4v) is 2.04. The molecule has 13 heavy (non-hydrogen) atoms. The van der Waals surface area contributed by atoms with Gasteiger partial charge >= 0.3 is 0 Å². The highest BCUT2D eigenvalue weighted by molar-refractivity contribution is 5.30. The van der Waals surface area contributed by atoms with E-state index in [0.29, 0.717) is 12.6 Å². The van der Waals surface area contributed by atoms with Crippen LogP contribution in [0.3, 0.4) is 0 Å². The van der Waals surface area contributed by atoms with E-state index in [2.05, 4.69) is 15.1 Å². The number of nitrogens with two attached hydrogens (primary N) is 1. The summed E-state index contributed by atoms with van der Waals surface area (Å²) in [7, 11) is 0. The van der Waals surface area contributed by atoms with Gasteiger partial charge in [0.1, 0.15) is 0 Å². The lowest BCUT2D eigenvalue weighted by molar-refractivity contribution is 0.582. The van der Waals surface area contributed by atoms with Crippen LogP contribution in [0.25, 0.3) is 0 Å². The summed E-state index contributed by atoms with van der Waals surface area (Å²) in [5.41, 5.74) is 9.48. The average molecular weight is 178 g/mol. The first-order valence-corrected chi connectivity index (χ1v) is 4.90. The van der Waals surface area contributed by atoms with Crippen LogP contribution in [-0.2, 0) is 19.6 Å². The maximum Gasteiger partial charge on any atom is 0.0808 e. The molecule has 1 fully saturated rings. The van der Waals surface area contributed by atoms with Crippen LogP contribution in [0.2, 0.25) is 0 Å². The summed E-state index contributed by atoms with van der Waals surface area (Å²) in [4.78, 5) is 0. The van der Waals surface area contributed by atoms with Crippen LogP contribution in [0.5, 0.6) is 0 Å². The molecule has 0 amide bonds. The molecule has 0 spiro atoms. The highest BCUT2D eigenvalue weighted by Gasteiger charge is 2.31. The van der Waals surface area contributed by atoms with Gasteiger partial charge in [-0.1, -0.05) is 0 Å². The van der Waals surface area contributed by atoms with Gasteiger partial charge in [-0.05, 0) is 12.8 Å². The van der Waals surface area contributed by atoms with E-state index < -0.39 is 0 Å². The summed E-state index contributed by atoms with van der Waals surface area (Å²) in [6.07, 6.45) is 2.58. The molecule has 1 aliphatic heterocycles. The predicted octanol–water partition coefficient (Wildman–Crippen LogP) is 0.280. The topological polar surface area (TPSA) is 55.9 Å². The number of nitrogens with one attached hydrogen (secondary N) is 1. The summed E-state index contributed by atoms with van der Waals surface area (Å²) in [5, 5.41) is 7.91. The van der Waals surface area contributed by atoms with Crippen molar-refractivity contribution in [2.75, 3.05) is 0 Å². The van der Waals surface area contributed by atoms with E-state index in [0.717, 1.165) is 18.8 Å². The molecule has 0 saturated heterocycles. The van der Waals surface area contributed by atoms with Gasteiger partial charge in [0, 0.05) is 25.2 Å². The Morgan fingerprint density at radius 1 is 1.46 bits per heavy atom. The molecule has 4 heteroatoms. The Hall–Kier alpha value is -0.870. The first-order chi connectivity index (χ1) is 6.40. The second-order valence-electron chi connectivity index (χ2n) is 3.86. The van der Waals surface area contributed by atoms with Gasteiger partial charge in [0.15, 0.2) is 0 Å². The molecule has 4 nitrogen and oxygen atoms in total. The van der Waals surface area contributed by atoms with Crippen LogP contribution in [-0.4, -0.2) is 9.78 Å². The number of hydrogen-bond donors (Lipinski definition) is 2. The molecule has 2 aliphatic rings. The fraction of sp³-hybridized carbons (Fsp3) is 0.667. The molecule has 1 aromatic heterocycles. The molecule has 3 N–H and O–H groups in total. The maximum atomic E-state index is 5.65. The zero-order valence-electron chi connectivity index (χ0n) is 7.58. The van der Waals surface area contributed by atoms with Crippen molar-refractivity contribution in [3.05, 3.63) is 17.0 Å². The molecule has 70 valence electrons. The fourth-order valence-electron chi connectivity index (χ4n) is 2.04. The lowest BCUT2D eigenvalue weighted by Crippen LogP contribution is -2.10. The third-order valence-corrected chi connectivity index (χ3v) is 2.88. The van der Waals surface area contributed by atoms with E-state index in [4.69, 9.17) is 5.73 Å². The van der Waals surface area contributed by atoms with Crippen LogP contribution in [0.15, 0.2) is 0 Å². The lowest BCUT2D eigenvalue weighted by atomic mass is 10.2. The molecule has 1 aromatic rings. The van der Waals surface area contributed by atoms with Crippen LogP contribution in [0.1, 0.15) is 35.8 Å². The minimum Gasteiger partial charge on any atom is -0.325 e. The first kappa shape index (κ1) is 7.53. The van der Waals surface area contributed by atoms with Gasteiger partial charge in [-0.2, -0.15) is 5.10 Å². The van der Waals surface area contributed by atoms with E-state index in [-0.39, 0.29) is 0 Å². The van der Waals surface area contributed by atoms with Crippen molar-refractivity contribution >= 4 is 0 Å². The Bertz CT molecular complexity index is 338. The van der Waals surface area contributed by atoms with Crippen molar-refractivity contribution in [2.24, 2.45) is 5.73 Å². The SMILES string of the molecule is NCc1nn(C2CC2)c2c1CNC2. The summed E-state index contributed by atoms with van der Waals surface area (Å²) in [6, 6.07) is 0.675. The summed E-state index contributed by atoms with van der Waals surface area (Å²) in [5.74, 6) is 0. The van der Waals surface area contributed by atoms with Gasteiger partial charge in [0.05, 0.1) is 17.4 Å². The van der Waals surface area contributed by atoms with E-state index in [1.807, 2.05) is 0 Å². The largest absolute Gasteiger partial charge is 0.325 e. The number of aromatic nitrogens is 2. The molecule has 0 aromatic carbocycles. The van der Waals surface area contributed by atoms with Crippen LogP contribution in [0.4, 0.5) is 0 Å². The molecule has 0 atom stereocenters. The predicted molar refractivity (Wildman–Crippen MR) is 48.9 cm³/mol. The molecular formula is C9H14N4. The van der Waals surface area contributed by atoms with Gasteiger partial charge in [-0.25, -0.2) is 0 Å². The molecule has 3 rings (SSSR count). The third kappa shape index (κ3) is 1.02. The Morgan fingerprint density at radius 3 is 3.00 bits per heavy atom. The number of nitrogens with zero attached hydrogens (tertiary/aromatic N) is 2. The number of hydrogen-bond acceptors (Lipinski definition) is 3. The zero-order chi connectivity index (χ0) is 8.84. The van der Waals surface area contributed by atoms with E-state index in [1.165, 1.54) is 24.1 Å². The zero-order valence-corrected chi connectivity index (χ0v) is 7.58. The Kier molecular flexibility index (Phi) is 1.48. The van der Waals surface area contributed by atoms with Gasteiger partial charge in [0.25, 0.3) is 0 Å². The second kappa shape index (κ2) is 2.56. The van der Waals surface area contributed by atoms with Crippen molar-refractivity contribution in [1.29, 1.82) is 0 Å². The van der Waals surface area contributed by atoms with Gasteiger partial charge in [-0.3, -0.25) is 4.68 Å². The van der Waals surface area contributed by atoms with Crippen molar-refractivity contribution in [3.8, 4) is 0 Å². The second-order valence-corrected chi connectivity index (χ2v) is 3.86. The Balaban J connectivity index is 2.09. The van der Waals surface area contributed by atoms with E-state index >= 15 is 0 Å². The van der Waals surface area contributed by atoms with Gasteiger partial charge in [0.2, 0.25) is 0 Å². The number of rotatable bonds is 2. The third-order valence-electron chi connectivity index (χ3n) is 2.88. The van der Waals surface area contributed by atoms with Crippen LogP contribution in [0, 0.1) is 0 Å². The molecule has 2 heterocycles. The number of fused-ring (bicyclic) bond motifs is 1. The monoisotopic (exact) mass is 178 g/mol. The lowest BCUT2D eigenvalue weighted by Gasteiger charge is -2.01. The summed E-state index contributed by atoms with van der Waals surface area (Å²) >= 11 is 0. The van der Waals surface area contributed by atoms with E-state index in [1.54, 1.807) is 0 Å². The first-order valence-electron chi connectivity index (χ1n) is 4.90. The minimum absolute atomic E-state index is 0.573.